The molecule has 0 atom stereocenters. The van der Waals surface area contributed by atoms with Crippen LogP contribution in [0.1, 0.15) is 11.1 Å². The molecule has 0 saturated heterocycles. The summed E-state index contributed by atoms with van der Waals surface area (Å²) in [5, 5.41) is 3.13. The lowest BCUT2D eigenvalue weighted by Gasteiger charge is -2.28. The van der Waals surface area contributed by atoms with Crippen LogP contribution < -0.4 is 10.2 Å². The molecule has 0 fully saturated rings. The maximum atomic E-state index is 11.5. The van der Waals surface area contributed by atoms with Gasteiger partial charge in [0.1, 0.15) is 0 Å². The number of likely N-dealkylation sites (N-methyl/N-ethyl adjacent to an activating group) is 1. The average molecular weight is 190 g/mol. The van der Waals surface area contributed by atoms with E-state index in [0.29, 0.717) is 6.54 Å². The predicted octanol–water partition coefficient (Wildman–Crippen LogP) is 1.69. The Morgan fingerprint density at radius 2 is 2.07 bits per heavy atom. The van der Waals surface area contributed by atoms with Gasteiger partial charge in [0.2, 0.25) is 5.91 Å². The maximum absolute atomic E-state index is 11.5. The number of rotatable bonds is 0. The molecule has 1 aliphatic heterocycles. The fraction of sp³-hybridized carbons (Fsp3) is 0.364. The fourth-order valence-electron chi connectivity index (χ4n) is 1.95. The first-order valence-corrected chi connectivity index (χ1v) is 4.71. The molecule has 1 N–H and O–H groups in total. The van der Waals surface area contributed by atoms with Crippen LogP contribution in [-0.4, -0.2) is 19.5 Å². The van der Waals surface area contributed by atoms with Crippen molar-refractivity contribution in [1.29, 1.82) is 0 Å². The zero-order valence-electron chi connectivity index (χ0n) is 8.72. The molecule has 74 valence electrons. The summed E-state index contributed by atoms with van der Waals surface area (Å²) in [7, 11) is 1.82. The lowest BCUT2D eigenvalue weighted by Crippen LogP contribution is -2.37. The molecule has 0 aliphatic carbocycles. The molecule has 0 radical (unpaired) electrons. The second kappa shape index (κ2) is 3.01. The van der Waals surface area contributed by atoms with Gasteiger partial charge in [-0.25, -0.2) is 0 Å². The third-order valence-corrected chi connectivity index (χ3v) is 2.58. The van der Waals surface area contributed by atoms with Crippen molar-refractivity contribution in [3.8, 4) is 0 Å². The van der Waals surface area contributed by atoms with Crippen LogP contribution in [0.4, 0.5) is 11.4 Å². The number of amides is 1. The van der Waals surface area contributed by atoms with Crippen molar-refractivity contribution in [3.63, 3.8) is 0 Å². The predicted molar refractivity (Wildman–Crippen MR) is 57.8 cm³/mol. The molecule has 0 bridgehead atoms. The van der Waals surface area contributed by atoms with E-state index in [9.17, 15) is 4.79 Å². The molecule has 1 aromatic carbocycles. The molecule has 2 rings (SSSR count). The van der Waals surface area contributed by atoms with Crippen LogP contribution in [0.5, 0.6) is 0 Å². The Morgan fingerprint density at radius 1 is 1.36 bits per heavy atom. The van der Waals surface area contributed by atoms with Crippen molar-refractivity contribution in [1.82, 2.24) is 0 Å². The maximum Gasteiger partial charge on any atom is 0.246 e. The number of hydrogen-bond acceptors (Lipinski definition) is 2. The van der Waals surface area contributed by atoms with Crippen molar-refractivity contribution in [2.45, 2.75) is 13.8 Å². The highest BCUT2D eigenvalue weighted by atomic mass is 16.2. The van der Waals surface area contributed by atoms with Gasteiger partial charge in [-0.2, -0.15) is 0 Å². The second-order valence-electron chi connectivity index (χ2n) is 3.78. The Bertz CT molecular complexity index is 399. The van der Waals surface area contributed by atoms with Crippen LogP contribution in [0.3, 0.4) is 0 Å². The third-order valence-electron chi connectivity index (χ3n) is 2.58. The van der Waals surface area contributed by atoms with Crippen molar-refractivity contribution in [2.24, 2.45) is 0 Å². The molecular formula is C11H14N2O. The first-order chi connectivity index (χ1) is 6.59. The molecule has 1 aromatic rings. The molecule has 1 aliphatic rings. The number of aryl methyl sites for hydroxylation is 2. The van der Waals surface area contributed by atoms with E-state index >= 15 is 0 Å². The Labute approximate surface area is 83.7 Å². The quantitative estimate of drug-likeness (QED) is 0.675. The highest BCUT2D eigenvalue weighted by molar-refractivity contribution is 6.03. The van der Waals surface area contributed by atoms with E-state index in [1.165, 1.54) is 5.56 Å². The average Bonchev–Trinajstić information content (AvgIpc) is 2.10. The third kappa shape index (κ3) is 1.25. The SMILES string of the molecule is Cc1cc(C)c2c(c1)NCC(=O)N2C. The minimum Gasteiger partial charge on any atom is -0.374 e. The summed E-state index contributed by atoms with van der Waals surface area (Å²) in [5.41, 5.74) is 4.43. The number of carbonyl (C=O) groups is 1. The van der Waals surface area contributed by atoms with Crippen LogP contribution in [-0.2, 0) is 4.79 Å². The molecular weight excluding hydrogens is 176 g/mol. The summed E-state index contributed by atoms with van der Waals surface area (Å²) in [5.74, 6) is 0.115. The van der Waals surface area contributed by atoms with E-state index < -0.39 is 0 Å². The van der Waals surface area contributed by atoms with E-state index in [4.69, 9.17) is 0 Å². The van der Waals surface area contributed by atoms with Crippen LogP contribution >= 0.6 is 0 Å². The highest BCUT2D eigenvalue weighted by Gasteiger charge is 2.21. The van der Waals surface area contributed by atoms with E-state index in [-0.39, 0.29) is 5.91 Å². The van der Waals surface area contributed by atoms with Gasteiger partial charge in [-0.3, -0.25) is 4.79 Å². The first kappa shape index (κ1) is 9.06. The topological polar surface area (TPSA) is 32.3 Å². The molecule has 0 unspecified atom stereocenters. The van der Waals surface area contributed by atoms with Crippen LogP contribution in [0.15, 0.2) is 12.1 Å². The molecule has 3 heteroatoms. The summed E-state index contributed by atoms with van der Waals surface area (Å²) in [4.78, 5) is 13.2. The van der Waals surface area contributed by atoms with E-state index in [1.54, 1.807) is 4.90 Å². The monoisotopic (exact) mass is 190 g/mol. The number of carbonyl (C=O) groups excluding carboxylic acids is 1. The minimum atomic E-state index is 0.115. The second-order valence-corrected chi connectivity index (χ2v) is 3.78. The Balaban J connectivity index is 2.60. The van der Waals surface area contributed by atoms with Gasteiger partial charge in [0.15, 0.2) is 0 Å². The normalized spacial score (nSPS) is 15.1. The molecule has 3 nitrogen and oxygen atoms in total. The zero-order valence-corrected chi connectivity index (χ0v) is 8.72. The van der Waals surface area contributed by atoms with E-state index in [0.717, 1.165) is 16.9 Å². The van der Waals surface area contributed by atoms with Gasteiger partial charge in [-0.15, -0.1) is 0 Å². The van der Waals surface area contributed by atoms with Gasteiger partial charge >= 0.3 is 0 Å². The molecule has 14 heavy (non-hydrogen) atoms. The van der Waals surface area contributed by atoms with Crippen molar-refractivity contribution in [2.75, 3.05) is 23.8 Å². The number of nitrogens with zero attached hydrogens (tertiary/aromatic N) is 1. The van der Waals surface area contributed by atoms with E-state index in [1.807, 2.05) is 14.0 Å². The van der Waals surface area contributed by atoms with Crippen molar-refractivity contribution < 1.29 is 4.79 Å². The Kier molecular flexibility index (Phi) is 1.95. The smallest absolute Gasteiger partial charge is 0.246 e. The summed E-state index contributed by atoms with van der Waals surface area (Å²) in [6.07, 6.45) is 0. The fourth-order valence-corrected chi connectivity index (χ4v) is 1.95. The zero-order chi connectivity index (χ0) is 10.3. The van der Waals surface area contributed by atoms with Gasteiger partial charge in [-0.1, -0.05) is 6.07 Å². The van der Waals surface area contributed by atoms with Gasteiger partial charge < -0.3 is 10.2 Å². The van der Waals surface area contributed by atoms with Crippen molar-refractivity contribution >= 4 is 17.3 Å². The Morgan fingerprint density at radius 3 is 2.79 bits per heavy atom. The number of hydrogen-bond donors (Lipinski definition) is 1. The largest absolute Gasteiger partial charge is 0.374 e. The lowest BCUT2D eigenvalue weighted by atomic mass is 10.1. The highest BCUT2D eigenvalue weighted by Crippen LogP contribution is 2.32. The molecule has 0 saturated carbocycles. The molecule has 1 heterocycles. The number of nitrogens with one attached hydrogen (secondary N) is 1. The summed E-state index contributed by atoms with van der Waals surface area (Å²) in [6.45, 7) is 4.49. The summed E-state index contributed by atoms with van der Waals surface area (Å²) < 4.78 is 0. The first-order valence-electron chi connectivity index (χ1n) is 4.71. The van der Waals surface area contributed by atoms with Gasteiger partial charge in [-0.05, 0) is 31.0 Å². The van der Waals surface area contributed by atoms with Gasteiger partial charge in [0, 0.05) is 7.05 Å². The van der Waals surface area contributed by atoms with Gasteiger partial charge in [0.05, 0.1) is 17.9 Å². The molecule has 0 spiro atoms. The minimum absolute atomic E-state index is 0.115. The van der Waals surface area contributed by atoms with Crippen molar-refractivity contribution in [3.05, 3.63) is 23.3 Å². The number of benzene rings is 1. The van der Waals surface area contributed by atoms with E-state index in [2.05, 4.69) is 24.4 Å². The summed E-state index contributed by atoms with van der Waals surface area (Å²) in [6, 6.07) is 4.17. The molecule has 1 amide bonds. The number of anilines is 2. The van der Waals surface area contributed by atoms with Crippen LogP contribution in [0.2, 0.25) is 0 Å². The number of fused-ring (bicyclic) bond motifs is 1. The lowest BCUT2D eigenvalue weighted by molar-refractivity contribution is -0.116. The Hall–Kier alpha value is -1.51. The van der Waals surface area contributed by atoms with Gasteiger partial charge in [0.25, 0.3) is 0 Å². The summed E-state index contributed by atoms with van der Waals surface area (Å²) >= 11 is 0. The standard InChI is InChI=1S/C11H14N2O/c1-7-4-8(2)11-9(5-7)12-6-10(14)13(11)3/h4-5,12H,6H2,1-3H3. The van der Waals surface area contributed by atoms with Crippen LogP contribution in [0.25, 0.3) is 0 Å². The van der Waals surface area contributed by atoms with Crippen LogP contribution in [0, 0.1) is 13.8 Å². The molecule has 0 aromatic heterocycles.